The van der Waals surface area contributed by atoms with E-state index in [0.29, 0.717) is 0 Å². The van der Waals surface area contributed by atoms with Crippen LogP contribution in [-0.2, 0) is 14.8 Å². The van der Waals surface area contributed by atoms with E-state index < -0.39 is 32.7 Å². The van der Waals surface area contributed by atoms with E-state index in [9.17, 15) is 17.6 Å². The van der Waals surface area contributed by atoms with E-state index in [2.05, 4.69) is 10.3 Å². The number of benzene rings is 1. The number of carbonyl (C=O) groups is 1. The topological polar surface area (TPSA) is 97.8 Å². The zero-order chi connectivity index (χ0) is 19.1. The molecule has 0 fully saturated rings. The summed E-state index contributed by atoms with van der Waals surface area (Å²) in [6, 6.07) is 3.89. The van der Waals surface area contributed by atoms with Crippen molar-refractivity contribution in [2.75, 3.05) is 23.8 Å². The fraction of sp³-hybridized carbons (Fsp3) is 0.250. The molecular weight excluding hydrogens is 365 g/mol. The van der Waals surface area contributed by atoms with E-state index in [1.807, 2.05) is 0 Å². The van der Waals surface area contributed by atoms with E-state index in [-0.39, 0.29) is 23.0 Å². The Balaban J connectivity index is 2.21. The number of hydrogen-bond donors (Lipinski definition) is 1. The largest absolute Gasteiger partial charge is 0.493 e. The monoisotopic (exact) mass is 381 g/mol. The number of carbonyl (C=O) groups excluding carboxylic acids is 1. The molecule has 1 aromatic carbocycles. The lowest BCUT2D eigenvalue weighted by atomic mass is 10.2. The summed E-state index contributed by atoms with van der Waals surface area (Å²) in [7, 11) is -1.83. The first-order valence-corrected chi connectivity index (χ1v) is 8.97. The van der Waals surface area contributed by atoms with Gasteiger partial charge in [0.15, 0.2) is 17.3 Å². The molecule has 0 radical (unpaired) electrons. The van der Waals surface area contributed by atoms with Gasteiger partial charge in [-0.05, 0) is 19.1 Å². The molecule has 10 heteroatoms. The molecule has 1 aliphatic rings. The number of amides is 1. The number of sulfonamides is 1. The van der Waals surface area contributed by atoms with E-state index in [0.717, 1.165) is 16.4 Å². The minimum absolute atomic E-state index is 0.00813. The molecule has 0 unspecified atom stereocenters. The lowest BCUT2D eigenvalue weighted by molar-refractivity contribution is -0.117. The summed E-state index contributed by atoms with van der Waals surface area (Å²) < 4.78 is 51.7. The standard InChI is InChI=1S/C16H16FN3O5S/c1-9-16(21)19-11-5-4-6-18-15(11)20(9)26(22,23)14-8-13(25-3)12(24-2)7-10(14)17/h4-9H,1-3H3,(H,19,21)/t9-/m1/s1. The van der Waals surface area contributed by atoms with Crippen LogP contribution in [0.1, 0.15) is 6.92 Å². The number of hydrogen-bond acceptors (Lipinski definition) is 6. The SMILES string of the molecule is COc1cc(F)c(S(=O)(=O)N2c3ncccc3NC(=O)[C@H]2C)cc1OC. The molecule has 1 N–H and O–H groups in total. The molecule has 1 amide bonds. The van der Waals surface area contributed by atoms with Gasteiger partial charge in [-0.25, -0.2) is 22.1 Å². The van der Waals surface area contributed by atoms with Crippen LogP contribution in [0.5, 0.6) is 11.5 Å². The molecule has 0 spiro atoms. The third-order valence-electron chi connectivity index (χ3n) is 3.96. The second kappa shape index (κ2) is 6.45. The molecule has 0 aliphatic carbocycles. The Hall–Kier alpha value is -2.88. The first kappa shape index (κ1) is 17.9. The summed E-state index contributed by atoms with van der Waals surface area (Å²) in [5, 5.41) is 2.57. The number of rotatable bonds is 4. The van der Waals surface area contributed by atoms with Gasteiger partial charge in [0.05, 0.1) is 19.9 Å². The third-order valence-corrected chi connectivity index (χ3v) is 5.84. The van der Waals surface area contributed by atoms with Crippen molar-refractivity contribution in [2.24, 2.45) is 0 Å². The number of nitrogens with one attached hydrogen (secondary N) is 1. The van der Waals surface area contributed by atoms with Crippen LogP contribution in [0.15, 0.2) is 35.4 Å². The van der Waals surface area contributed by atoms with Gasteiger partial charge in [-0.15, -0.1) is 0 Å². The van der Waals surface area contributed by atoms with Crippen LogP contribution in [0.3, 0.4) is 0 Å². The first-order valence-electron chi connectivity index (χ1n) is 7.53. The van der Waals surface area contributed by atoms with E-state index >= 15 is 0 Å². The number of nitrogens with zero attached hydrogens (tertiary/aromatic N) is 2. The second-order valence-electron chi connectivity index (χ2n) is 5.48. The molecule has 138 valence electrons. The predicted octanol–water partition coefficient (Wildman–Crippen LogP) is 1.77. The third kappa shape index (κ3) is 2.71. The zero-order valence-electron chi connectivity index (χ0n) is 14.2. The fourth-order valence-corrected chi connectivity index (χ4v) is 4.32. The van der Waals surface area contributed by atoms with Crippen LogP contribution < -0.4 is 19.1 Å². The number of ether oxygens (including phenoxy) is 2. The highest BCUT2D eigenvalue weighted by Crippen LogP contribution is 2.38. The van der Waals surface area contributed by atoms with Crippen LogP contribution >= 0.6 is 0 Å². The summed E-state index contributed by atoms with van der Waals surface area (Å²) in [5.74, 6) is -1.48. The van der Waals surface area contributed by atoms with E-state index in [4.69, 9.17) is 9.47 Å². The molecule has 1 aliphatic heterocycles. The zero-order valence-corrected chi connectivity index (χ0v) is 15.0. The highest BCUT2D eigenvalue weighted by molar-refractivity contribution is 7.93. The molecule has 2 heterocycles. The Bertz CT molecular complexity index is 980. The Labute approximate surface area is 149 Å². The molecule has 8 nitrogen and oxygen atoms in total. The highest BCUT2D eigenvalue weighted by Gasteiger charge is 2.41. The molecular formula is C16H16FN3O5S. The molecule has 0 saturated heterocycles. The minimum Gasteiger partial charge on any atom is -0.493 e. The number of aromatic nitrogens is 1. The van der Waals surface area contributed by atoms with Gasteiger partial charge in [0.2, 0.25) is 5.91 Å². The minimum atomic E-state index is -4.45. The van der Waals surface area contributed by atoms with Crippen molar-refractivity contribution in [2.45, 2.75) is 17.9 Å². The summed E-state index contributed by atoms with van der Waals surface area (Å²) >= 11 is 0. The quantitative estimate of drug-likeness (QED) is 0.867. The number of fused-ring (bicyclic) bond motifs is 1. The first-order chi connectivity index (χ1) is 12.3. The summed E-state index contributed by atoms with van der Waals surface area (Å²) in [4.78, 5) is 15.6. The Morgan fingerprint density at radius 3 is 2.54 bits per heavy atom. The van der Waals surface area contributed by atoms with Crippen molar-refractivity contribution < 1.29 is 27.1 Å². The van der Waals surface area contributed by atoms with Gasteiger partial charge < -0.3 is 14.8 Å². The molecule has 26 heavy (non-hydrogen) atoms. The van der Waals surface area contributed by atoms with E-state index in [1.54, 1.807) is 6.07 Å². The van der Waals surface area contributed by atoms with Gasteiger partial charge in [0.25, 0.3) is 10.0 Å². The van der Waals surface area contributed by atoms with Gasteiger partial charge in [0.1, 0.15) is 16.8 Å². The van der Waals surface area contributed by atoms with Gasteiger partial charge in [-0.2, -0.15) is 0 Å². The average molecular weight is 381 g/mol. The van der Waals surface area contributed by atoms with Crippen molar-refractivity contribution in [1.82, 2.24) is 4.98 Å². The average Bonchev–Trinajstić information content (AvgIpc) is 2.61. The van der Waals surface area contributed by atoms with Gasteiger partial charge in [-0.3, -0.25) is 4.79 Å². The Morgan fingerprint density at radius 2 is 1.88 bits per heavy atom. The Morgan fingerprint density at radius 1 is 1.23 bits per heavy atom. The normalized spacial score (nSPS) is 16.7. The lowest BCUT2D eigenvalue weighted by Crippen LogP contribution is -2.49. The summed E-state index contributed by atoms with van der Waals surface area (Å²) in [6.45, 7) is 1.39. The predicted molar refractivity (Wildman–Crippen MR) is 91.5 cm³/mol. The van der Waals surface area contributed by atoms with Crippen LogP contribution in [0.2, 0.25) is 0 Å². The van der Waals surface area contributed by atoms with Crippen LogP contribution in [0.4, 0.5) is 15.9 Å². The van der Waals surface area contributed by atoms with Gasteiger partial charge in [-0.1, -0.05) is 0 Å². The molecule has 3 rings (SSSR count). The molecule has 1 aromatic heterocycles. The van der Waals surface area contributed by atoms with Crippen LogP contribution in [0.25, 0.3) is 0 Å². The van der Waals surface area contributed by atoms with Crippen molar-refractivity contribution in [1.29, 1.82) is 0 Å². The fourth-order valence-electron chi connectivity index (χ4n) is 2.66. The van der Waals surface area contributed by atoms with Gasteiger partial charge >= 0.3 is 0 Å². The van der Waals surface area contributed by atoms with Gasteiger partial charge in [0, 0.05) is 18.3 Å². The second-order valence-corrected chi connectivity index (χ2v) is 7.26. The molecule has 1 atom stereocenters. The maximum atomic E-state index is 14.5. The Kier molecular flexibility index (Phi) is 4.45. The lowest BCUT2D eigenvalue weighted by Gasteiger charge is -2.34. The van der Waals surface area contributed by atoms with Crippen LogP contribution in [-0.4, -0.2) is 39.6 Å². The summed E-state index contributed by atoms with van der Waals surface area (Å²) in [6.07, 6.45) is 1.39. The maximum Gasteiger partial charge on any atom is 0.269 e. The number of pyridine rings is 1. The molecule has 0 bridgehead atoms. The van der Waals surface area contributed by atoms with Crippen molar-refractivity contribution in [3.8, 4) is 11.5 Å². The number of halogens is 1. The van der Waals surface area contributed by atoms with Crippen molar-refractivity contribution in [3.05, 3.63) is 36.3 Å². The highest BCUT2D eigenvalue weighted by atomic mass is 32.2. The van der Waals surface area contributed by atoms with Crippen LogP contribution in [0, 0.1) is 5.82 Å². The molecule has 0 saturated carbocycles. The number of methoxy groups -OCH3 is 2. The maximum absolute atomic E-state index is 14.5. The number of anilines is 2. The summed E-state index contributed by atoms with van der Waals surface area (Å²) in [5.41, 5.74) is 0.222. The smallest absolute Gasteiger partial charge is 0.269 e. The van der Waals surface area contributed by atoms with Crippen molar-refractivity contribution >= 4 is 27.4 Å². The molecule has 2 aromatic rings. The van der Waals surface area contributed by atoms with E-state index in [1.165, 1.54) is 33.4 Å². The van der Waals surface area contributed by atoms with Crippen molar-refractivity contribution in [3.63, 3.8) is 0 Å².